The minimum Gasteiger partial charge on any atom is -0.397 e. The minimum absolute atomic E-state index is 0.122. The fraction of sp³-hybridized carbons (Fsp3) is 0.462. The van der Waals surface area contributed by atoms with E-state index >= 15 is 0 Å². The highest BCUT2D eigenvalue weighted by Crippen LogP contribution is 2.25. The van der Waals surface area contributed by atoms with Crippen LogP contribution in [0.25, 0.3) is 0 Å². The molecule has 0 radical (unpaired) electrons. The average molecular weight is 303 g/mol. The number of anilines is 2. The van der Waals surface area contributed by atoms with Crippen LogP contribution in [0, 0.1) is 0 Å². The van der Waals surface area contributed by atoms with Crippen molar-refractivity contribution in [3.8, 4) is 0 Å². The highest BCUT2D eigenvalue weighted by Gasteiger charge is 2.17. The van der Waals surface area contributed by atoms with Gasteiger partial charge in [-0.05, 0) is 31.5 Å². The van der Waals surface area contributed by atoms with Crippen LogP contribution in [-0.2, 0) is 4.79 Å². The Balaban J connectivity index is 2.61. The normalized spacial score (nSPS) is 13.9. The number of carbonyl (C=O) groups excluding carboxylic acids is 1. The highest BCUT2D eigenvalue weighted by atomic mass is 35.5. The smallest absolute Gasteiger partial charge is 0.237 e. The lowest BCUT2D eigenvalue weighted by atomic mass is 10.2. The SMILES string of the molecule is CC(CCO)SC(C)C(=O)Nc1cc(Cl)ccc1N. The number of hydrogen-bond donors (Lipinski definition) is 3. The van der Waals surface area contributed by atoms with Crippen LogP contribution in [0.15, 0.2) is 18.2 Å². The van der Waals surface area contributed by atoms with E-state index in [1.807, 2.05) is 13.8 Å². The maximum atomic E-state index is 12.0. The number of hydrogen-bond acceptors (Lipinski definition) is 4. The molecule has 1 aromatic carbocycles. The Morgan fingerprint density at radius 1 is 1.53 bits per heavy atom. The molecule has 0 bridgehead atoms. The highest BCUT2D eigenvalue weighted by molar-refractivity contribution is 8.01. The van der Waals surface area contributed by atoms with E-state index in [4.69, 9.17) is 22.4 Å². The van der Waals surface area contributed by atoms with Gasteiger partial charge in [-0.3, -0.25) is 4.79 Å². The van der Waals surface area contributed by atoms with Crippen molar-refractivity contribution in [2.24, 2.45) is 0 Å². The zero-order valence-corrected chi connectivity index (χ0v) is 12.6. The molecule has 19 heavy (non-hydrogen) atoms. The van der Waals surface area contributed by atoms with Crippen LogP contribution in [0.3, 0.4) is 0 Å². The second kappa shape index (κ2) is 7.62. The first-order valence-corrected chi connectivity index (χ1v) is 7.38. The zero-order chi connectivity index (χ0) is 14.4. The van der Waals surface area contributed by atoms with Crippen molar-refractivity contribution in [3.63, 3.8) is 0 Å². The lowest BCUT2D eigenvalue weighted by Crippen LogP contribution is -2.25. The van der Waals surface area contributed by atoms with Gasteiger partial charge in [0.25, 0.3) is 0 Å². The molecule has 0 aliphatic heterocycles. The summed E-state index contributed by atoms with van der Waals surface area (Å²) in [6.07, 6.45) is 0.668. The number of nitrogens with two attached hydrogens (primary N) is 1. The van der Waals surface area contributed by atoms with E-state index in [9.17, 15) is 4.79 Å². The molecule has 4 N–H and O–H groups in total. The largest absolute Gasteiger partial charge is 0.397 e. The monoisotopic (exact) mass is 302 g/mol. The van der Waals surface area contributed by atoms with Crippen LogP contribution in [0.2, 0.25) is 5.02 Å². The molecule has 6 heteroatoms. The van der Waals surface area contributed by atoms with Crippen LogP contribution in [-0.4, -0.2) is 28.1 Å². The summed E-state index contributed by atoms with van der Waals surface area (Å²) in [5.41, 5.74) is 6.79. The number of thioether (sulfide) groups is 1. The van der Waals surface area contributed by atoms with Gasteiger partial charge in [-0.1, -0.05) is 18.5 Å². The number of nitrogen functional groups attached to an aromatic ring is 1. The number of amides is 1. The molecule has 4 nitrogen and oxygen atoms in total. The molecule has 0 spiro atoms. The number of nitrogens with one attached hydrogen (secondary N) is 1. The third-order valence-electron chi connectivity index (χ3n) is 2.61. The van der Waals surface area contributed by atoms with Crippen LogP contribution in [0.5, 0.6) is 0 Å². The molecular weight excluding hydrogens is 284 g/mol. The second-order valence-electron chi connectivity index (χ2n) is 4.32. The summed E-state index contributed by atoms with van der Waals surface area (Å²) in [7, 11) is 0. The number of rotatable bonds is 6. The van der Waals surface area contributed by atoms with Gasteiger partial charge in [0.05, 0.1) is 16.6 Å². The van der Waals surface area contributed by atoms with Gasteiger partial charge in [-0.15, -0.1) is 11.8 Å². The summed E-state index contributed by atoms with van der Waals surface area (Å²) >= 11 is 7.38. The molecular formula is C13H19ClN2O2S. The molecule has 0 fully saturated rings. The van der Waals surface area contributed by atoms with Gasteiger partial charge in [0.2, 0.25) is 5.91 Å². The van der Waals surface area contributed by atoms with Crippen LogP contribution in [0.4, 0.5) is 11.4 Å². The number of aliphatic hydroxyl groups is 1. The summed E-state index contributed by atoms with van der Waals surface area (Å²) in [5, 5.41) is 12.1. The van der Waals surface area contributed by atoms with Gasteiger partial charge >= 0.3 is 0 Å². The number of carbonyl (C=O) groups is 1. The quantitative estimate of drug-likeness (QED) is 0.706. The summed E-state index contributed by atoms with van der Waals surface area (Å²) in [5.74, 6) is -0.122. The predicted molar refractivity (Wildman–Crippen MR) is 82.7 cm³/mol. The van der Waals surface area contributed by atoms with E-state index < -0.39 is 0 Å². The third kappa shape index (κ3) is 5.30. The molecule has 106 valence electrons. The maximum absolute atomic E-state index is 12.0. The lowest BCUT2D eigenvalue weighted by molar-refractivity contribution is -0.115. The maximum Gasteiger partial charge on any atom is 0.237 e. The first kappa shape index (κ1) is 16.1. The molecule has 0 aromatic heterocycles. The van der Waals surface area contributed by atoms with Crippen molar-refractivity contribution in [3.05, 3.63) is 23.2 Å². The standard InChI is InChI=1S/C13H19ClN2O2S/c1-8(5-6-17)19-9(2)13(18)16-12-7-10(14)3-4-11(12)15/h3-4,7-9,17H,5-6,15H2,1-2H3,(H,16,18). The van der Waals surface area contributed by atoms with E-state index in [0.717, 1.165) is 0 Å². The molecule has 0 aliphatic carbocycles. The summed E-state index contributed by atoms with van der Waals surface area (Å²) in [6, 6.07) is 4.96. The van der Waals surface area contributed by atoms with E-state index in [1.165, 1.54) is 11.8 Å². The fourth-order valence-corrected chi connectivity index (χ4v) is 2.82. The average Bonchev–Trinajstić information content (AvgIpc) is 2.34. The number of benzene rings is 1. The molecule has 0 saturated heterocycles. The van der Waals surface area contributed by atoms with Gasteiger partial charge in [-0.2, -0.15) is 0 Å². The molecule has 1 aromatic rings. The van der Waals surface area contributed by atoms with Crippen molar-refractivity contribution >= 4 is 40.6 Å². The zero-order valence-electron chi connectivity index (χ0n) is 11.0. The Hall–Kier alpha value is -0.910. The predicted octanol–water partition coefficient (Wildman–Crippen LogP) is 2.75. The van der Waals surface area contributed by atoms with Gasteiger partial charge in [0.1, 0.15) is 0 Å². The molecule has 2 atom stereocenters. The van der Waals surface area contributed by atoms with Crippen molar-refractivity contribution < 1.29 is 9.90 Å². The van der Waals surface area contributed by atoms with Crippen molar-refractivity contribution in [2.75, 3.05) is 17.7 Å². The Labute approximate surface area is 122 Å². The van der Waals surface area contributed by atoms with E-state index in [0.29, 0.717) is 22.8 Å². The number of aliphatic hydroxyl groups excluding tert-OH is 1. The van der Waals surface area contributed by atoms with Crippen LogP contribution < -0.4 is 11.1 Å². The summed E-state index contributed by atoms with van der Waals surface area (Å²) in [4.78, 5) is 12.0. The van der Waals surface area contributed by atoms with Gasteiger partial charge in [0.15, 0.2) is 0 Å². The van der Waals surface area contributed by atoms with Gasteiger partial charge in [-0.25, -0.2) is 0 Å². The Bertz CT molecular complexity index is 443. The summed E-state index contributed by atoms with van der Waals surface area (Å²) < 4.78 is 0. The number of halogens is 1. The van der Waals surface area contributed by atoms with Crippen molar-refractivity contribution in [2.45, 2.75) is 30.8 Å². The van der Waals surface area contributed by atoms with Gasteiger partial charge < -0.3 is 16.2 Å². The minimum atomic E-state index is -0.222. The molecule has 0 heterocycles. The Morgan fingerprint density at radius 3 is 2.84 bits per heavy atom. The van der Waals surface area contributed by atoms with Crippen LogP contribution in [0.1, 0.15) is 20.3 Å². The Morgan fingerprint density at radius 2 is 2.21 bits per heavy atom. The van der Waals surface area contributed by atoms with Crippen molar-refractivity contribution in [1.29, 1.82) is 0 Å². The fourth-order valence-electron chi connectivity index (χ4n) is 1.53. The van der Waals surface area contributed by atoms with E-state index in [1.54, 1.807) is 18.2 Å². The molecule has 0 saturated carbocycles. The first-order valence-electron chi connectivity index (χ1n) is 6.06. The van der Waals surface area contributed by atoms with E-state index in [-0.39, 0.29) is 23.0 Å². The van der Waals surface area contributed by atoms with Crippen LogP contribution >= 0.6 is 23.4 Å². The third-order valence-corrected chi connectivity index (χ3v) is 4.17. The summed E-state index contributed by atoms with van der Waals surface area (Å²) in [6.45, 7) is 3.94. The van der Waals surface area contributed by atoms with Crippen molar-refractivity contribution in [1.82, 2.24) is 0 Å². The second-order valence-corrected chi connectivity index (χ2v) is 6.54. The lowest BCUT2D eigenvalue weighted by Gasteiger charge is -2.17. The topological polar surface area (TPSA) is 75.3 Å². The van der Waals surface area contributed by atoms with Gasteiger partial charge in [0, 0.05) is 16.9 Å². The molecule has 2 unspecified atom stereocenters. The Kier molecular flexibility index (Phi) is 6.48. The first-order chi connectivity index (χ1) is 8.93. The molecule has 1 rings (SSSR count). The molecule has 0 aliphatic rings. The van der Waals surface area contributed by atoms with E-state index in [2.05, 4.69) is 5.32 Å². The molecule has 1 amide bonds.